The minimum Gasteiger partial charge on any atom is -0.399 e. The number of anilines is 1. The Morgan fingerprint density at radius 3 is 2.50 bits per heavy atom. The van der Waals surface area contributed by atoms with Crippen LogP contribution < -0.4 is 10.7 Å². The lowest BCUT2D eigenvalue weighted by atomic mass is 9.92. The Balaban J connectivity index is 1.89. The zero-order valence-electron chi connectivity index (χ0n) is 16.6. The van der Waals surface area contributed by atoms with Crippen molar-refractivity contribution >= 4 is 17.8 Å². The Kier molecular flexibility index (Phi) is 5.84. The van der Waals surface area contributed by atoms with Crippen LogP contribution in [-0.2, 0) is 9.63 Å². The summed E-state index contributed by atoms with van der Waals surface area (Å²) in [5, 5.41) is 7.46. The first kappa shape index (κ1) is 21.4. The van der Waals surface area contributed by atoms with Crippen LogP contribution in [0.4, 0.5) is 18.9 Å². The normalized spacial score (nSPS) is 19.1. The lowest BCUT2D eigenvalue weighted by Crippen LogP contribution is -2.57. The molecular formula is C21H21F3N4O2. The molecule has 1 aliphatic rings. The van der Waals surface area contributed by atoms with Gasteiger partial charge >= 0.3 is 6.18 Å². The van der Waals surface area contributed by atoms with E-state index in [1.165, 1.54) is 14.2 Å². The molecule has 1 amide bonds. The smallest absolute Gasteiger partial charge is 0.399 e. The van der Waals surface area contributed by atoms with Crippen LogP contribution in [0.3, 0.4) is 0 Å². The number of para-hydroxylation sites is 1. The van der Waals surface area contributed by atoms with Crippen LogP contribution >= 0.6 is 0 Å². The molecule has 0 saturated heterocycles. The molecule has 0 spiro atoms. The SMILES string of the molecule is CO/N=C\c1ccc(-c2ccccc2NC(=O)C2=CN(C)NC2(C)C(F)(F)F)cc1. The Labute approximate surface area is 172 Å². The molecule has 1 aliphatic heterocycles. The largest absolute Gasteiger partial charge is 0.412 e. The molecule has 1 atom stereocenters. The van der Waals surface area contributed by atoms with Crippen molar-refractivity contribution < 1.29 is 22.8 Å². The van der Waals surface area contributed by atoms with Crippen LogP contribution in [0.5, 0.6) is 0 Å². The summed E-state index contributed by atoms with van der Waals surface area (Å²) in [6.45, 7) is 0.939. The van der Waals surface area contributed by atoms with Gasteiger partial charge in [0.15, 0.2) is 5.54 Å². The number of amides is 1. The van der Waals surface area contributed by atoms with Crippen molar-refractivity contribution in [3.63, 3.8) is 0 Å². The van der Waals surface area contributed by atoms with E-state index in [2.05, 4.69) is 20.7 Å². The van der Waals surface area contributed by atoms with Gasteiger partial charge in [-0.05, 0) is 24.1 Å². The molecule has 1 unspecified atom stereocenters. The lowest BCUT2D eigenvalue weighted by Gasteiger charge is -2.31. The molecular weight excluding hydrogens is 397 g/mol. The molecule has 0 aromatic heterocycles. The molecule has 2 N–H and O–H groups in total. The summed E-state index contributed by atoms with van der Waals surface area (Å²) >= 11 is 0. The van der Waals surface area contributed by atoms with Crippen LogP contribution in [0.15, 0.2) is 65.5 Å². The number of alkyl halides is 3. The van der Waals surface area contributed by atoms with Gasteiger partial charge in [0.2, 0.25) is 0 Å². The monoisotopic (exact) mass is 418 g/mol. The molecule has 1 heterocycles. The second-order valence-corrected chi connectivity index (χ2v) is 6.93. The maximum Gasteiger partial charge on any atom is 0.412 e. The number of hydrogen-bond donors (Lipinski definition) is 2. The van der Waals surface area contributed by atoms with E-state index in [0.717, 1.165) is 29.3 Å². The first-order valence-electron chi connectivity index (χ1n) is 9.03. The molecule has 6 nitrogen and oxygen atoms in total. The van der Waals surface area contributed by atoms with E-state index in [-0.39, 0.29) is 0 Å². The summed E-state index contributed by atoms with van der Waals surface area (Å²) in [7, 11) is 2.85. The number of benzene rings is 2. The molecule has 0 radical (unpaired) electrons. The summed E-state index contributed by atoms with van der Waals surface area (Å²) in [5.41, 5.74) is 2.07. The molecule has 0 aliphatic carbocycles. The fourth-order valence-electron chi connectivity index (χ4n) is 3.17. The van der Waals surface area contributed by atoms with E-state index in [9.17, 15) is 18.0 Å². The van der Waals surface area contributed by atoms with Gasteiger partial charge in [-0.3, -0.25) is 4.79 Å². The van der Waals surface area contributed by atoms with E-state index in [0.29, 0.717) is 11.3 Å². The number of carbonyl (C=O) groups excluding carboxylic acids is 1. The van der Waals surface area contributed by atoms with Crippen molar-refractivity contribution in [3.8, 4) is 11.1 Å². The molecule has 2 aromatic carbocycles. The van der Waals surface area contributed by atoms with Crippen LogP contribution in [0.25, 0.3) is 11.1 Å². The van der Waals surface area contributed by atoms with Crippen molar-refractivity contribution in [3.05, 3.63) is 65.9 Å². The van der Waals surface area contributed by atoms with Gasteiger partial charge in [-0.15, -0.1) is 0 Å². The number of hydrazine groups is 1. The quantitative estimate of drug-likeness (QED) is 0.571. The number of nitrogens with one attached hydrogen (secondary N) is 2. The van der Waals surface area contributed by atoms with Gasteiger partial charge in [0.1, 0.15) is 7.11 Å². The summed E-state index contributed by atoms with van der Waals surface area (Å²) < 4.78 is 40.8. The lowest BCUT2D eigenvalue weighted by molar-refractivity contribution is -0.185. The Morgan fingerprint density at radius 1 is 1.20 bits per heavy atom. The standard InChI is InChI=1S/C21H21F3N4O2/c1-20(21(22,23)24)17(13-28(2)27-20)19(29)26-18-7-5-4-6-16(18)15-10-8-14(9-11-15)12-25-30-3/h4-13,27H,1-3H3,(H,26,29)/b25-12-. The highest BCUT2D eigenvalue weighted by atomic mass is 19.4. The van der Waals surface area contributed by atoms with Gasteiger partial charge in [0.05, 0.1) is 11.8 Å². The maximum absolute atomic E-state index is 13.6. The average molecular weight is 418 g/mol. The first-order valence-corrected chi connectivity index (χ1v) is 9.03. The van der Waals surface area contributed by atoms with Crippen LogP contribution in [0.2, 0.25) is 0 Å². The van der Waals surface area contributed by atoms with E-state index < -0.39 is 23.2 Å². The molecule has 3 rings (SSSR count). The number of hydrogen-bond acceptors (Lipinski definition) is 5. The average Bonchev–Trinajstić information content (AvgIpc) is 3.03. The minimum atomic E-state index is -4.65. The topological polar surface area (TPSA) is 66.0 Å². The zero-order chi connectivity index (χ0) is 21.9. The van der Waals surface area contributed by atoms with Gasteiger partial charge in [-0.2, -0.15) is 13.2 Å². The summed E-state index contributed by atoms with van der Waals surface area (Å²) in [5.74, 6) is -0.831. The molecule has 0 saturated carbocycles. The Bertz CT molecular complexity index is 986. The second-order valence-electron chi connectivity index (χ2n) is 6.93. The molecule has 9 heteroatoms. The van der Waals surface area contributed by atoms with Gasteiger partial charge < -0.3 is 15.2 Å². The fraction of sp³-hybridized carbons (Fsp3) is 0.238. The predicted octanol–water partition coefficient (Wildman–Crippen LogP) is 3.93. The minimum absolute atomic E-state index is 0.404. The summed E-state index contributed by atoms with van der Waals surface area (Å²) in [6.07, 6.45) is -1.96. The van der Waals surface area contributed by atoms with E-state index in [1.54, 1.807) is 30.5 Å². The third-order valence-electron chi connectivity index (χ3n) is 4.78. The van der Waals surface area contributed by atoms with Gasteiger partial charge in [-0.25, -0.2) is 5.43 Å². The number of carbonyl (C=O) groups is 1. The molecule has 158 valence electrons. The third kappa shape index (κ3) is 4.16. The first-order chi connectivity index (χ1) is 14.2. The highest BCUT2D eigenvalue weighted by Gasteiger charge is 2.58. The van der Waals surface area contributed by atoms with Crippen molar-refractivity contribution in [1.29, 1.82) is 0 Å². The predicted molar refractivity (Wildman–Crippen MR) is 109 cm³/mol. The Morgan fingerprint density at radius 2 is 1.87 bits per heavy atom. The summed E-state index contributed by atoms with van der Waals surface area (Å²) in [6, 6.07) is 14.2. The third-order valence-corrected chi connectivity index (χ3v) is 4.78. The van der Waals surface area contributed by atoms with E-state index in [4.69, 9.17) is 0 Å². The van der Waals surface area contributed by atoms with Gasteiger partial charge in [0.25, 0.3) is 5.91 Å². The van der Waals surface area contributed by atoms with Crippen LogP contribution in [-0.4, -0.2) is 43.0 Å². The highest BCUT2D eigenvalue weighted by Crippen LogP contribution is 2.40. The van der Waals surface area contributed by atoms with E-state index >= 15 is 0 Å². The highest BCUT2D eigenvalue weighted by molar-refractivity contribution is 6.07. The van der Waals surface area contributed by atoms with E-state index in [1.807, 2.05) is 24.3 Å². The van der Waals surface area contributed by atoms with Crippen molar-refractivity contribution in [2.45, 2.75) is 18.6 Å². The number of rotatable bonds is 5. The van der Waals surface area contributed by atoms with Gasteiger partial charge in [-0.1, -0.05) is 47.6 Å². The fourth-order valence-corrected chi connectivity index (χ4v) is 3.17. The van der Waals surface area contributed by atoms with Crippen molar-refractivity contribution in [2.24, 2.45) is 5.16 Å². The maximum atomic E-state index is 13.6. The van der Waals surface area contributed by atoms with Crippen molar-refractivity contribution in [2.75, 3.05) is 19.5 Å². The zero-order valence-corrected chi connectivity index (χ0v) is 16.6. The molecule has 30 heavy (non-hydrogen) atoms. The number of nitrogens with zero attached hydrogens (tertiary/aromatic N) is 2. The van der Waals surface area contributed by atoms with Crippen molar-refractivity contribution in [1.82, 2.24) is 10.4 Å². The molecule has 2 aromatic rings. The van der Waals surface area contributed by atoms with Crippen LogP contribution in [0.1, 0.15) is 12.5 Å². The number of oxime groups is 1. The van der Waals surface area contributed by atoms with Crippen LogP contribution in [0, 0.1) is 0 Å². The number of halogens is 3. The summed E-state index contributed by atoms with van der Waals surface area (Å²) in [4.78, 5) is 17.4. The Hall–Kier alpha value is -3.33. The second kappa shape index (κ2) is 8.19. The molecule has 0 bridgehead atoms. The van der Waals surface area contributed by atoms with Gasteiger partial charge in [0, 0.05) is 24.5 Å². The molecule has 0 fully saturated rings.